The number of carbonyl (C=O) groups is 3. The van der Waals surface area contributed by atoms with Crippen LogP contribution < -0.4 is 10.6 Å². The zero-order valence-corrected chi connectivity index (χ0v) is 14.8. The van der Waals surface area contributed by atoms with Crippen molar-refractivity contribution >= 4 is 35.1 Å². The zero-order chi connectivity index (χ0) is 19.2. The monoisotopic (exact) mass is 387 g/mol. The molecule has 6 nitrogen and oxygen atoms in total. The number of halogens is 2. The number of hydrogen-bond acceptors (Lipinski definition) is 3. The van der Waals surface area contributed by atoms with E-state index in [-0.39, 0.29) is 10.7 Å². The van der Waals surface area contributed by atoms with Crippen molar-refractivity contribution in [3.05, 3.63) is 64.4 Å². The van der Waals surface area contributed by atoms with Crippen molar-refractivity contribution in [1.29, 1.82) is 0 Å². The summed E-state index contributed by atoms with van der Waals surface area (Å²) in [6.07, 6.45) is 1.11. The van der Waals surface area contributed by atoms with Crippen LogP contribution in [-0.2, 0) is 21.5 Å². The molecule has 1 fully saturated rings. The molecule has 2 aromatic rings. The summed E-state index contributed by atoms with van der Waals surface area (Å²) in [6, 6.07) is 10.6. The van der Waals surface area contributed by atoms with E-state index >= 15 is 0 Å². The molecule has 1 spiro atoms. The first-order valence-corrected chi connectivity index (χ1v) is 8.76. The van der Waals surface area contributed by atoms with Gasteiger partial charge in [-0.3, -0.25) is 14.5 Å². The second kappa shape index (κ2) is 6.35. The van der Waals surface area contributed by atoms with Gasteiger partial charge in [0.15, 0.2) is 0 Å². The van der Waals surface area contributed by atoms with E-state index in [1.165, 1.54) is 12.1 Å². The number of rotatable bonds is 3. The lowest BCUT2D eigenvalue weighted by Crippen LogP contribution is -2.43. The van der Waals surface area contributed by atoms with E-state index in [1.54, 1.807) is 0 Å². The lowest BCUT2D eigenvalue weighted by Gasteiger charge is -2.22. The first-order valence-electron chi connectivity index (χ1n) is 8.38. The molecule has 0 unspecified atom stereocenters. The van der Waals surface area contributed by atoms with Crippen LogP contribution in [0, 0.1) is 5.82 Å². The Hall–Kier alpha value is -2.93. The Morgan fingerprint density at radius 2 is 2.04 bits per heavy atom. The molecule has 138 valence electrons. The summed E-state index contributed by atoms with van der Waals surface area (Å²) in [5.74, 6) is -1.85. The van der Waals surface area contributed by atoms with Gasteiger partial charge in [-0.15, -0.1) is 0 Å². The number of urea groups is 1. The lowest BCUT2D eigenvalue weighted by molar-refractivity contribution is -0.134. The van der Waals surface area contributed by atoms with Crippen molar-refractivity contribution in [3.8, 4) is 0 Å². The first-order chi connectivity index (χ1) is 12.9. The summed E-state index contributed by atoms with van der Waals surface area (Å²) < 4.78 is 13.8. The maximum atomic E-state index is 13.8. The van der Waals surface area contributed by atoms with Crippen molar-refractivity contribution in [2.75, 3.05) is 11.9 Å². The molecule has 2 aromatic carbocycles. The number of anilines is 1. The predicted molar refractivity (Wildman–Crippen MR) is 96.7 cm³/mol. The lowest BCUT2D eigenvalue weighted by atomic mass is 9.92. The molecule has 1 atom stereocenters. The van der Waals surface area contributed by atoms with Crippen LogP contribution in [0.5, 0.6) is 0 Å². The minimum atomic E-state index is -1.13. The molecule has 2 aliphatic rings. The average molecular weight is 388 g/mol. The van der Waals surface area contributed by atoms with E-state index in [0.29, 0.717) is 12.8 Å². The van der Waals surface area contributed by atoms with E-state index in [0.717, 1.165) is 22.1 Å². The summed E-state index contributed by atoms with van der Waals surface area (Å²) in [5.41, 5.74) is 0.563. The number of imide groups is 1. The molecule has 1 saturated heterocycles. The van der Waals surface area contributed by atoms with Gasteiger partial charge in [0.05, 0.1) is 5.69 Å². The van der Waals surface area contributed by atoms with Crippen LogP contribution in [0.3, 0.4) is 0 Å². The molecule has 8 heteroatoms. The Bertz CT molecular complexity index is 980. The molecule has 2 N–H and O–H groups in total. The summed E-state index contributed by atoms with van der Waals surface area (Å²) >= 11 is 5.68. The smallest absolute Gasteiger partial charge is 0.322 e. The standard InChI is InChI=1S/C19H15ClFN3O3/c20-12-5-6-15(14(21)9-12)22-16(25)10-24-17(26)19(23-18(24)27)8-7-11-3-1-2-4-13(11)19/h1-6,9H,7-8,10H2,(H,22,25)(H,23,27)/t19-/m1/s1. The Morgan fingerprint density at radius 3 is 2.81 bits per heavy atom. The number of hydrogen-bond donors (Lipinski definition) is 2. The van der Waals surface area contributed by atoms with E-state index < -0.39 is 35.7 Å². The Labute approximate surface area is 159 Å². The minimum Gasteiger partial charge on any atom is -0.322 e. The third kappa shape index (κ3) is 2.84. The molecular weight excluding hydrogens is 373 g/mol. The van der Waals surface area contributed by atoms with Crippen molar-refractivity contribution < 1.29 is 18.8 Å². The predicted octanol–water partition coefficient (Wildman–Crippen LogP) is 2.81. The molecule has 1 aliphatic heterocycles. The average Bonchev–Trinajstić information content (AvgIpc) is 3.11. The molecule has 0 bridgehead atoms. The van der Waals surface area contributed by atoms with Crippen molar-refractivity contribution in [1.82, 2.24) is 10.2 Å². The maximum Gasteiger partial charge on any atom is 0.325 e. The Balaban J connectivity index is 1.53. The number of amides is 4. The van der Waals surface area contributed by atoms with Gasteiger partial charge in [-0.2, -0.15) is 0 Å². The topological polar surface area (TPSA) is 78.5 Å². The van der Waals surface area contributed by atoms with E-state index in [1.807, 2.05) is 24.3 Å². The van der Waals surface area contributed by atoms with Crippen LogP contribution in [0.4, 0.5) is 14.9 Å². The number of nitrogens with one attached hydrogen (secondary N) is 2. The van der Waals surface area contributed by atoms with Crippen LogP contribution in [-0.4, -0.2) is 29.3 Å². The van der Waals surface area contributed by atoms with Gasteiger partial charge >= 0.3 is 6.03 Å². The maximum absolute atomic E-state index is 13.8. The highest BCUT2D eigenvalue weighted by Crippen LogP contribution is 2.41. The molecule has 0 radical (unpaired) electrons. The van der Waals surface area contributed by atoms with Crippen LogP contribution in [0.25, 0.3) is 0 Å². The first kappa shape index (κ1) is 17.5. The normalized spacial score (nSPS) is 20.7. The fourth-order valence-corrected chi connectivity index (χ4v) is 3.82. The minimum absolute atomic E-state index is 0.0719. The Kier molecular flexibility index (Phi) is 4.11. The van der Waals surface area contributed by atoms with E-state index in [2.05, 4.69) is 10.6 Å². The molecule has 0 saturated carbocycles. The fraction of sp³-hybridized carbons (Fsp3) is 0.211. The van der Waals surface area contributed by atoms with E-state index in [4.69, 9.17) is 11.6 Å². The highest BCUT2D eigenvalue weighted by Gasteiger charge is 2.55. The molecular formula is C19H15ClFN3O3. The van der Waals surface area contributed by atoms with Crippen molar-refractivity contribution in [2.45, 2.75) is 18.4 Å². The molecule has 0 aromatic heterocycles. The SMILES string of the molecule is O=C(CN1C(=O)N[C@@]2(CCc3ccccc32)C1=O)Nc1ccc(Cl)cc1F. The van der Waals surface area contributed by atoms with Gasteiger partial charge in [0.25, 0.3) is 5.91 Å². The summed E-state index contributed by atoms with van der Waals surface area (Å²) in [4.78, 5) is 38.5. The number of nitrogens with zero attached hydrogens (tertiary/aromatic N) is 1. The van der Waals surface area contributed by atoms with Crippen molar-refractivity contribution in [2.24, 2.45) is 0 Å². The van der Waals surface area contributed by atoms with Gasteiger partial charge in [-0.1, -0.05) is 35.9 Å². The molecule has 4 rings (SSSR count). The quantitative estimate of drug-likeness (QED) is 0.795. The van der Waals surface area contributed by atoms with Crippen LogP contribution in [0.1, 0.15) is 17.5 Å². The Morgan fingerprint density at radius 1 is 1.26 bits per heavy atom. The van der Waals surface area contributed by atoms with Crippen LogP contribution in [0.2, 0.25) is 5.02 Å². The summed E-state index contributed by atoms with van der Waals surface area (Å²) in [6.45, 7) is -0.503. The second-order valence-electron chi connectivity index (χ2n) is 6.56. The number of fused-ring (bicyclic) bond motifs is 2. The van der Waals surface area contributed by atoms with E-state index in [9.17, 15) is 18.8 Å². The number of benzene rings is 2. The summed E-state index contributed by atoms with van der Waals surface area (Å²) in [7, 11) is 0. The third-order valence-corrected chi connectivity index (χ3v) is 5.16. The number of aryl methyl sites for hydroxylation is 1. The van der Waals surface area contributed by atoms with Crippen molar-refractivity contribution in [3.63, 3.8) is 0 Å². The van der Waals surface area contributed by atoms with Gasteiger partial charge in [-0.05, 0) is 42.2 Å². The number of carbonyl (C=O) groups excluding carboxylic acids is 3. The highest BCUT2D eigenvalue weighted by molar-refractivity contribution is 6.30. The third-order valence-electron chi connectivity index (χ3n) is 4.93. The highest BCUT2D eigenvalue weighted by atomic mass is 35.5. The molecule has 27 heavy (non-hydrogen) atoms. The van der Waals surface area contributed by atoms with Gasteiger partial charge in [-0.25, -0.2) is 9.18 Å². The zero-order valence-electron chi connectivity index (χ0n) is 14.1. The molecule has 1 aliphatic carbocycles. The fourth-order valence-electron chi connectivity index (χ4n) is 3.66. The van der Waals surface area contributed by atoms with Gasteiger partial charge < -0.3 is 10.6 Å². The van der Waals surface area contributed by atoms with Gasteiger partial charge in [0.1, 0.15) is 17.9 Å². The molecule has 1 heterocycles. The summed E-state index contributed by atoms with van der Waals surface area (Å²) in [5, 5.41) is 5.29. The largest absolute Gasteiger partial charge is 0.325 e. The van der Waals surface area contributed by atoms with Crippen LogP contribution in [0.15, 0.2) is 42.5 Å². The second-order valence-corrected chi connectivity index (χ2v) is 6.99. The van der Waals surface area contributed by atoms with Gasteiger partial charge in [0.2, 0.25) is 5.91 Å². The van der Waals surface area contributed by atoms with Crippen LogP contribution >= 0.6 is 11.6 Å². The molecule has 4 amide bonds. The van der Waals surface area contributed by atoms with Gasteiger partial charge in [0, 0.05) is 5.02 Å².